The first kappa shape index (κ1) is 26.3. The van der Waals surface area contributed by atoms with Gasteiger partial charge in [-0.05, 0) is 55.9 Å². The zero-order chi connectivity index (χ0) is 24.5. The van der Waals surface area contributed by atoms with E-state index in [4.69, 9.17) is 16.3 Å². The first-order valence-corrected chi connectivity index (χ1v) is 12.8. The molecule has 1 aliphatic carbocycles. The lowest BCUT2D eigenvalue weighted by atomic mass is 10.2. The monoisotopic (exact) mass is 487 g/mol. The lowest BCUT2D eigenvalue weighted by molar-refractivity contribution is -0.142. The van der Waals surface area contributed by atoms with Gasteiger partial charge in [-0.3, -0.25) is 9.59 Å². The predicted octanol–water partition coefficient (Wildman–Crippen LogP) is 4.84. The highest BCUT2D eigenvalue weighted by Gasteiger charge is 2.34. The second kappa shape index (κ2) is 13.0. The summed E-state index contributed by atoms with van der Waals surface area (Å²) in [7, 11) is 0. The Labute approximate surface area is 208 Å². The zero-order valence-corrected chi connectivity index (χ0v) is 21.5. The van der Waals surface area contributed by atoms with Crippen LogP contribution in [0.25, 0.3) is 0 Å². The molecule has 1 aliphatic rings. The Morgan fingerprint density at radius 1 is 1.15 bits per heavy atom. The summed E-state index contributed by atoms with van der Waals surface area (Å²) in [6, 6.07) is 11.9. The van der Waals surface area contributed by atoms with Crippen molar-refractivity contribution in [3.8, 4) is 0 Å². The van der Waals surface area contributed by atoms with Crippen molar-refractivity contribution in [1.29, 1.82) is 0 Å². The highest BCUT2D eigenvalue weighted by Crippen LogP contribution is 2.31. The number of carbonyl (C=O) groups excluding carboxylic acids is 2. The molecule has 0 N–H and O–H groups in total. The van der Waals surface area contributed by atoms with E-state index in [-0.39, 0.29) is 24.3 Å². The molecule has 186 valence electrons. The summed E-state index contributed by atoms with van der Waals surface area (Å²) in [5, 5.41) is 0.735. The average molecular weight is 488 g/mol. The number of aromatic nitrogens is 1. The van der Waals surface area contributed by atoms with E-state index >= 15 is 0 Å². The van der Waals surface area contributed by atoms with Gasteiger partial charge in [-0.2, -0.15) is 0 Å². The summed E-state index contributed by atoms with van der Waals surface area (Å²) < 4.78 is 7.58. The summed E-state index contributed by atoms with van der Waals surface area (Å²) in [5.74, 6) is 0.508. The Bertz CT molecular complexity index is 939. The Morgan fingerprint density at radius 2 is 1.91 bits per heavy atom. The van der Waals surface area contributed by atoms with Crippen LogP contribution in [0, 0.1) is 11.8 Å². The molecule has 3 rings (SSSR count). The highest BCUT2D eigenvalue weighted by molar-refractivity contribution is 6.31. The predicted molar refractivity (Wildman–Crippen MR) is 136 cm³/mol. The van der Waals surface area contributed by atoms with Gasteiger partial charge in [-0.1, -0.05) is 43.6 Å². The molecule has 1 aromatic carbocycles. The second-order valence-electron chi connectivity index (χ2n) is 9.47. The van der Waals surface area contributed by atoms with Crippen LogP contribution in [0.15, 0.2) is 42.6 Å². The van der Waals surface area contributed by atoms with Crippen molar-refractivity contribution in [2.45, 2.75) is 53.1 Å². The summed E-state index contributed by atoms with van der Waals surface area (Å²) in [5.41, 5.74) is 2.09. The Balaban J connectivity index is 1.69. The molecule has 1 fully saturated rings. The summed E-state index contributed by atoms with van der Waals surface area (Å²) in [6.45, 7) is 9.90. The van der Waals surface area contributed by atoms with Gasteiger partial charge in [0.2, 0.25) is 11.8 Å². The Kier molecular flexibility index (Phi) is 10.0. The van der Waals surface area contributed by atoms with E-state index < -0.39 is 0 Å². The van der Waals surface area contributed by atoms with Gasteiger partial charge in [-0.25, -0.2) is 0 Å². The SMILES string of the molecule is CCOCCCN(CC(=O)N(Cc1cccn1Cc1ccccc1Cl)CC(C)C)C(=O)C1CC1. The van der Waals surface area contributed by atoms with Gasteiger partial charge in [-0.15, -0.1) is 0 Å². The van der Waals surface area contributed by atoms with E-state index in [1.165, 1.54) is 0 Å². The van der Waals surface area contributed by atoms with Crippen molar-refractivity contribution in [3.05, 3.63) is 58.9 Å². The van der Waals surface area contributed by atoms with Crippen LogP contribution >= 0.6 is 11.6 Å². The molecule has 6 nitrogen and oxygen atoms in total. The molecule has 2 aromatic rings. The first-order chi connectivity index (χ1) is 16.4. The number of rotatable bonds is 14. The molecule has 0 spiro atoms. The van der Waals surface area contributed by atoms with Crippen molar-refractivity contribution in [2.75, 3.05) is 32.8 Å². The Morgan fingerprint density at radius 3 is 2.59 bits per heavy atom. The molecular formula is C27H38ClN3O3. The molecule has 34 heavy (non-hydrogen) atoms. The van der Waals surface area contributed by atoms with Crippen LogP contribution in [0.4, 0.5) is 0 Å². The van der Waals surface area contributed by atoms with Gasteiger partial charge in [0.05, 0.1) is 13.1 Å². The normalized spacial score (nSPS) is 13.3. The third kappa shape index (κ3) is 7.88. The van der Waals surface area contributed by atoms with Crippen LogP contribution < -0.4 is 0 Å². The molecule has 0 radical (unpaired) electrons. The molecule has 1 aromatic heterocycles. The average Bonchev–Trinajstić information content (AvgIpc) is 3.57. The highest BCUT2D eigenvalue weighted by atomic mass is 35.5. The molecule has 0 bridgehead atoms. The van der Waals surface area contributed by atoms with Gasteiger partial charge in [0, 0.05) is 55.7 Å². The lowest BCUT2D eigenvalue weighted by Crippen LogP contribution is -2.45. The zero-order valence-electron chi connectivity index (χ0n) is 20.7. The molecule has 1 heterocycles. The number of amides is 2. The maximum atomic E-state index is 13.4. The van der Waals surface area contributed by atoms with E-state index in [0.29, 0.717) is 45.3 Å². The van der Waals surface area contributed by atoms with E-state index in [2.05, 4.69) is 18.4 Å². The largest absolute Gasteiger partial charge is 0.382 e. The van der Waals surface area contributed by atoms with E-state index in [1.54, 1.807) is 4.90 Å². The fraction of sp³-hybridized carbons (Fsp3) is 0.556. The van der Waals surface area contributed by atoms with Gasteiger partial charge in [0.15, 0.2) is 0 Å². The van der Waals surface area contributed by atoms with Crippen molar-refractivity contribution < 1.29 is 14.3 Å². The van der Waals surface area contributed by atoms with E-state index in [0.717, 1.165) is 35.5 Å². The maximum absolute atomic E-state index is 13.4. The number of hydrogen-bond donors (Lipinski definition) is 0. The molecule has 0 aliphatic heterocycles. The third-order valence-electron chi connectivity index (χ3n) is 6.00. The molecule has 0 atom stereocenters. The summed E-state index contributed by atoms with van der Waals surface area (Å²) in [6.07, 6.45) is 4.62. The van der Waals surface area contributed by atoms with Crippen LogP contribution in [-0.2, 0) is 27.4 Å². The van der Waals surface area contributed by atoms with Crippen LogP contribution in [0.2, 0.25) is 5.02 Å². The minimum Gasteiger partial charge on any atom is -0.382 e. The summed E-state index contributed by atoms with van der Waals surface area (Å²) in [4.78, 5) is 29.9. The molecule has 2 amide bonds. The number of carbonyl (C=O) groups is 2. The molecule has 0 saturated heterocycles. The van der Waals surface area contributed by atoms with E-state index in [9.17, 15) is 9.59 Å². The van der Waals surface area contributed by atoms with Crippen LogP contribution in [0.5, 0.6) is 0 Å². The fourth-order valence-electron chi connectivity index (χ4n) is 4.07. The minimum atomic E-state index is -0.00963. The van der Waals surface area contributed by atoms with Gasteiger partial charge in [0.1, 0.15) is 0 Å². The minimum absolute atomic E-state index is 0.00963. The number of halogens is 1. The lowest BCUT2D eigenvalue weighted by Gasteiger charge is -2.29. The van der Waals surface area contributed by atoms with Crippen molar-refractivity contribution >= 4 is 23.4 Å². The standard InChI is InChI=1S/C27H38ClN3O3/c1-4-34-16-8-15-30(27(33)22-12-13-22)20-26(32)31(17-21(2)3)19-24-10-7-14-29(24)18-23-9-5-6-11-25(23)28/h5-7,9-11,14,21-22H,4,8,12-13,15-20H2,1-3H3. The molecule has 0 unspecified atom stereocenters. The number of benzene rings is 1. The smallest absolute Gasteiger partial charge is 0.242 e. The third-order valence-corrected chi connectivity index (χ3v) is 6.37. The van der Waals surface area contributed by atoms with E-state index in [1.807, 2.05) is 54.4 Å². The van der Waals surface area contributed by atoms with Crippen molar-refractivity contribution in [1.82, 2.24) is 14.4 Å². The molecule has 7 heteroatoms. The molecule has 1 saturated carbocycles. The number of nitrogens with zero attached hydrogens (tertiary/aromatic N) is 3. The Hall–Kier alpha value is -2.31. The fourth-order valence-corrected chi connectivity index (χ4v) is 4.26. The van der Waals surface area contributed by atoms with Crippen LogP contribution in [0.3, 0.4) is 0 Å². The molecular weight excluding hydrogens is 450 g/mol. The maximum Gasteiger partial charge on any atom is 0.242 e. The van der Waals surface area contributed by atoms with Gasteiger partial charge < -0.3 is 19.1 Å². The second-order valence-corrected chi connectivity index (χ2v) is 9.88. The van der Waals surface area contributed by atoms with Gasteiger partial charge >= 0.3 is 0 Å². The quantitative estimate of drug-likeness (QED) is 0.358. The van der Waals surface area contributed by atoms with Crippen LogP contribution in [0.1, 0.15) is 51.3 Å². The summed E-state index contributed by atoms with van der Waals surface area (Å²) >= 11 is 6.37. The first-order valence-electron chi connectivity index (χ1n) is 12.4. The van der Waals surface area contributed by atoms with Crippen LogP contribution in [-0.4, -0.2) is 59.0 Å². The van der Waals surface area contributed by atoms with Crippen molar-refractivity contribution in [2.24, 2.45) is 11.8 Å². The number of hydrogen-bond acceptors (Lipinski definition) is 3. The topological polar surface area (TPSA) is 54.8 Å². The number of ether oxygens (including phenoxy) is 1. The van der Waals surface area contributed by atoms with Crippen molar-refractivity contribution in [3.63, 3.8) is 0 Å². The van der Waals surface area contributed by atoms with Gasteiger partial charge in [0.25, 0.3) is 0 Å².